The van der Waals surface area contributed by atoms with Gasteiger partial charge in [0.2, 0.25) is 0 Å². The Morgan fingerprint density at radius 3 is 1.82 bits per heavy atom. The first-order chi connectivity index (χ1) is 18.8. The van der Waals surface area contributed by atoms with Crippen LogP contribution < -0.4 is 9.80 Å². The van der Waals surface area contributed by atoms with E-state index < -0.39 is 0 Å². The number of hydrogen-bond acceptors (Lipinski definition) is 10. The number of thiophene rings is 2. The summed E-state index contributed by atoms with van der Waals surface area (Å²) in [5, 5.41) is 4.16. The number of nitrogens with zero attached hydrogens (tertiary/aromatic N) is 2. The molecular formula is C28H41ClN2O6S2. The molecule has 0 amide bonds. The molecule has 0 aromatic carbocycles. The van der Waals surface area contributed by atoms with Gasteiger partial charge in [-0.05, 0) is 64.5 Å². The Kier molecular flexibility index (Phi) is 12.4. The van der Waals surface area contributed by atoms with Crippen molar-refractivity contribution >= 4 is 56.2 Å². The Morgan fingerprint density at radius 1 is 0.872 bits per heavy atom. The van der Waals surface area contributed by atoms with E-state index in [1.54, 1.807) is 11.3 Å². The molecular weight excluding hydrogens is 560 g/mol. The summed E-state index contributed by atoms with van der Waals surface area (Å²) in [5.74, 6) is -0.610. The third kappa shape index (κ3) is 7.47. The predicted molar refractivity (Wildman–Crippen MR) is 160 cm³/mol. The first-order valence-corrected chi connectivity index (χ1v) is 15.6. The number of carbonyl (C=O) groups excluding carboxylic acids is 2. The summed E-state index contributed by atoms with van der Waals surface area (Å²) in [7, 11) is 2.81. The van der Waals surface area contributed by atoms with Gasteiger partial charge < -0.3 is 28.7 Å². The molecule has 0 bridgehead atoms. The number of halogens is 1. The molecule has 39 heavy (non-hydrogen) atoms. The minimum absolute atomic E-state index is 0.247. The first-order valence-electron chi connectivity index (χ1n) is 13.5. The summed E-state index contributed by atoms with van der Waals surface area (Å²) in [4.78, 5) is 28.2. The minimum atomic E-state index is -0.363. The summed E-state index contributed by atoms with van der Waals surface area (Å²) in [6, 6.07) is 0.967. The Bertz CT molecular complexity index is 1090. The number of methoxy groups -OCH3 is 2. The molecule has 0 atom stereocenters. The molecule has 2 saturated heterocycles. The van der Waals surface area contributed by atoms with E-state index in [9.17, 15) is 9.59 Å². The average molecular weight is 601 g/mol. The fourth-order valence-electron chi connectivity index (χ4n) is 5.21. The summed E-state index contributed by atoms with van der Waals surface area (Å²) >= 11 is 9.32. The lowest BCUT2D eigenvalue weighted by atomic mass is 10.1. The summed E-state index contributed by atoms with van der Waals surface area (Å²) in [5.41, 5.74) is 3.14. The lowest BCUT2D eigenvalue weighted by molar-refractivity contribution is 0.0591. The highest BCUT2D eigenvalue weighted by Gasteiger charge is 2.28. The Labute approximate surface area is 245 Å². The summed E-state index contributed by atoms with van der Waals surface area (Å²) < 4.78 is 21.0. The van der Waals surface area contributed by atoms with E-state index in [2.05, 4.69) is 23.6 Å². The highest BCUT2D eigenvalue weighted by molar-refractivity contribution is 7.20. The van der Waals surface area contributed by atoms with Crippen molar-refractivity contribution in [1.29, 1.82) is 0 Å². The maximum absolute atomic E-state index is 11.8. The molecule has 4 heterocycles. The second-order valence-electron chi connectivity index (χ2n) is 9.50. The van der Waals surface area contributed by atoms with Crippen molar-refractivity contribution in [3.8, 4) is 0 Å². The second-order valence-corrected chi connectivity index (χ2v) is 12.0. The molecule has 0 N–H and O–H groups in total. The molecule has 2 aliphatic rings. The quantitative estimate of drug-likeness (QED) is 0.324. The van der Waals surface area contributed by atoms with E-state index in [-0.39, 0.29) is 11.9 Å². The van der Waals surface area contributed by atoms with Gasteiger partial charge in [-0.1, -0.05) is 11.6 Å². The third-order valence-corrected chi connectivity index (χ3v) is 10.0. The van der Waals surface area contributed by atoms with Crippen molar-refractivity contribution in [2.75, 3.05) is 63.5 Å². The number of esters is 2. The van der Waals surface area contributed by atoms with Gasteiger partial charge in [-0.3, -0.25) is 0 Å². The van der Waals surface area contributed by atoms with E-state index >= 15 is 0 Å². The zero-order valence-corrected chi connectivity index (χ0v) is 26.2. The van der Waals surface area contributed by atoms with Crippen LogP contribution in [0.1, 0.15) is 71.4 Å². The molecule has 2 aliphatic heterocycles. The highest BCUT2D eigenvalue weighted by atomic mass is 35.5. The standard InChI is InChI=1S/C14H20ClNO3S.C14H21NO3S/c1-4-16(10-5-7-19-8-6-10)13-9(2)11(12(15)20-13)14(17)18-3;1-4-15(11-5-7-18-8-6-11)13-10(2)12(9-19-13)14(16)17-3/h10H,4-8H2,1-3H3;9,11H,4-8H2,1-3H3. The van der Waals surface area contributed by atoms with Crippen molar-refractivity contribution in [3.05, 3.63) is 32.0 Å². The van der Waals surface area contributed by atoms with Gasteiger partial charge >= 0.3 is 11.9 Å². The van der Waals surface area contributed by atoms with Crippen LogP contribution in [0.25, 0.3) is 0 Å². The molecule has 2 aromatic heterocycles. The Morgan fingerprint density at radius 2 is 1.36 bits per heavy atom. The van der Waals surface area contributed by atoms with Gasteiger partial charge in [-0.2, -0.15) is 0 Å². The van der Waals surface area contributed by atoms with Crippen LogP contribution in [-0.2, 0) is 18.9 Å². The Balaban J connectivity index is 0.000000216. The molecule has 2 aromatic rings. The monoisotopic (exact) mass is 600 g/mol. The molecule has 0 radical (unpaired) electrons. The van der Waals surface area contributed by atoms with Crippen LogP contribution in [0, 0.1) is 13.8 Å². The molecule has 11 heteroatoms. The van der Waals surface area contributed by atoms with Gasteiger partial charge in [-0.25, -0.2) is 9.59 Å². The van der Waals surface area contributed by atoms with Crippen molar-refractivity contribution in [3.63, 3.8) is 0 Å². The van der Waals surface area contributed by atoms with Crippen LogP contribution in [0.15, 0.2) is 5.38 Å². The van der Waals surface area contributed by atoms with Gasteiger partial charge in [0.25, 0.3) is 0 Å². The SMILES string of the molecule is CCN(c1sc(Cl)c(C(=O)OC)c1C)C1CCOCC1.CCN(c1scc(C(=O)OC)c1C)C1CCOCC1. The number of ether oxygens (including phenoxy) is 4. The van der Waals surface area contributed by atoms with E-state index in [0.717, 1.165) is 81.3 Å². The molecule has 0 saturated carbocycles. The molecule has 8 nitrogen and oxygen atoms in total. The van der Waals surface area contributed by atoms with Crippen LogP contribution in [0.2, 0.25) is 4.34 Å². The van der Waals surface area contributed by atoms with Gasteiger partial charge in [0, 0.05) is 57.0 Å². The van der Waals surface area contributed by atoms with E-state index in [0.29, 0.717) is 27.5 Å². The Hall–Kier alpha value is -1.85. The van der Waals surface area contributed by atoms with Crippen LogP contribution in [0.4, 0.5) is 10.0 Å². The van der Waals surface area contributed by atoms with E-state index in [4.69, 9.17) is 30.5 Å². The van der Waals surface area contributed by atoms with Crippen LogP contribution in [0.5, 0.6) is 0 Å². The van der Waals surface area contributed by atoms with Crippen molar-refractivity contribution in [1.82, 2.24) is 0 Å². The van der Waals surface area contributed by atoms with Crippen LogP contribution >= 0.6 is 34.3 Å². The largest absolute Gasteiger partial charge is 0.465 e. The normalized spacial score (nSPS) is 16.3. The smallest absolute Gasteiger partial charge is 0.340 e. The van der Waals surface area contributed by atoms with Gasteiger partial charge in [0.05, 0.1) is 35.3 Å². The second kappa shape index (κ2) is 15.2. The van der Waals surface area contributed by atoms with Gasteiger partial charge in [-0.15, -0.1) is 22.7 Å². The number of hydrogen-bond donors (Lipinski definition) is 0. The maximum atomic E-state index is 11.8. The van der Waals surface area contributed by atoms with Crippen molar-refractivity contribution in [2.45, 2.75) is 65.5 Å². The summed E-state index contributed by atoms with van der Waals surface area (Å²) in [6.45, 7) is 13.3. The molecule has 218 valence electrons. The number of carbonyl (C=O) groups is 2. The van der Waals surface area contributed by atoms with Crippen LogP contribution in [0.3, 0.4) is 0 Å². The van der Waals surface area contributed by atoms with Gasteiger partial charge in [0.1, 0.15) is 4.34 Å². The first kappa shape index (κ1) is 31.7. The predicted octanol–water partition coefficient (Wildman–Crippen LogP) is 6.35. The zero-order chi connectivity index (χ0) is 28.5. The topological polar surface area (TPSA) is 77.5 Å². The lowest BCUT2D eigenvalue weighted by Crippen LogP contribution is -2.39. The molecule has 4 rings (SSSR count). The third-order valence-electron chi connectivity index (χ3n) is 7.35. The average Bonchev–Trinajstić information content (AvgIpc) is 3.48. The number of anilines is 2. The molecule has 0 spiro atoms. The number of rotatable bonds is 8. The zero-order valence-electron chi connectivity index (χ0n) is 23.8. The molecule has 2 fully saturated rings. The van der Waals surface area contributed by atoms with E-state index in [1.165, 1.54) is 30.6 Å². The van der Waals surface area contributed by atoms with Crippen molar-refractivity contribution in [2.24, 2.45) is 0 Å². The van der Waals surface area contributed by atoms with Crippen molar-refractivity contribution < 1.29 is 28.5 Å². The summed E-state index contributed by atoms with van der Waals surface area (Å²) in [6.07, 6.45) is 4.13. The fourth-order valence-corrected chi connectivity index (χ4v) is 8.01. The fraction of sp³-hybridized carbons (Fsp3) is 0.643. The highest BCUT2D eigenvalue weighted by Crippen LogP contribution is 2.41. The van der Waals surface area contributed by atoms with Crippen LogP contribution in [-0.4, -0.2) is 77.8 Å². The lowest BCUT2D eigenvalue weighted by Gasteiger charge is -2.34. The van der Waals surface area contributed by atoms with E-state index in [1.807, 2.05) is 19.2 Å². The maximum Gasteiger partial charge on any atom is 0.340 e. The minimum Gasteiger partial charge on any atom is -0.465 e. The van der Waals surface area contributed by atoms with Gasteiger partial charge in [0.15, 0.2) is 0 Å². The molecule has 0 unspecified atom stereocenters. The molecule has 0 aliphatic carbocycles.